The highest BCUT2D eigenvalue weighted by Crippen LogP contribution is 2.34. The third-order valence-electron chi connectivity index (χ3n) is 5.26. The highest BCUT2D eigenvalue weighted by Gasteiger charge is 2.23. The molecular formula is C23H28N4S. The summed E-state index contributed by atoms with van der Waals surface area (Å²) in [5.74, 6) is 2.19. The standard InChI is InChI=1S/C23H26N4.H2S/c1-16(21-6-4-3-5-19(21)11-18-8-9-18)13-25-23-12-22(26-15-27-23)20-10-7-17(2)24-14-20;/h3-7,10,12,14-16,18H,8-9,11,13H2,1-2H3,(H,25,26,27);1H2/t16-;/m1./s1. The zero-order valence-corrected chi connectivity index (χ0v) is 17.5. The van der Waals surface area contributed by atoms with E-state index in [1.807, 2.05) is 31.3 Å². The summed E-state index contributed by atoms with van der Waals surface area (Å²) in [6.07, 6.45) is 7.47. The number of hydrogen-bond donors (Lipinski definition) is 1. The second-order valence-corrected chi connectivity index (χ2v) is 7.61. The van der Waals surface area contributed by atoms with E-state index >= 15 is 0 Å². The van der Waals surface area contributed by atoms with Crippen molar-refractivity contribution < 1.29 is 0 Å². The molecule has 28 heavy (non-hydrogen) atoms. The summed E-state index contributed by atoms with van der Waals surface area (Å²) in [5, 5.41) is 3.49. The summed E-state index contributed by atoms with van der Waals surface area (Å²) in [4.78, 5) is 13.1. The van der Waals surface area contributed by atoms with Gasteiger partial charge in [-0.3, -0.25) is 4.98 Å². The van der Waals surface area contributed by atoms with Crippen molar-refractivity contribution in [1.82, 2.24) is 15.0 Å². The van der Waals surface area contributed by atoms with Gasteiger partial charge in [0.2, 0.25) is 0 Å². The fourth-order valence-corrected chi connectivity index (χ4v) is 3.43. The van der Waals surface area contributed by atoms with Gasteiger partial charge in [-0.05, 0) is 61.3 Å². The van der Waals surface area contributed by atoms with Crippen LogP contribution in [0, 0.1) is 12.8 Å². The first-order chi connectivity index (χ1) is 13.2. The normalized spacial score (nSPS) is 14.2. The largest absolute Gasteiger partial charge is 0.369 e. The molecule has 2 heterocycles. The van der Waals surface area contributed by atoms with Gasteiger partial charge < -0.3 is 5.32 Å². The summed E-state index contributed by atoms with van der Waals surface area (Å²) in [6.45, 7) is 5.12. The number of pyridine rings is 1. The summed E-state index contributed by atoms with van der Waals surface area (Å²) < 4.78 is 0. The predicted octanol–water partition coefficient (Wildman–Crippen LogP) is 5.13. The van der Waals surface area contributed by atoms with Crippen LogP contribution in [-0.2, 0) is 6.42 Å². The van der Waals surface area contributed by atoms with Gasteiger partial charge in [-0.25, -0.2) is 9.97 Å². The molecule has 2 aromatic heterocycles. The van der Waals surface area contributed by atoms with Gasteiger partial charge in [-0.1, -0.05) is 31.2 Å². The maximum Gasteiger partial charge on any atom is 0.129 e. The van der Waals surface area contributed by atoms with Crippen molar-refractivity contribution in [3.8, 4) is 11.3 Å². The van der Waals surface area contributed by atoms with E-state index in [9.17, 15) is 0 Å². The van der Waals surface area contributed by atoms with Crippen LogP contribution in [0.3, 0.4) is 0 Å². The van der Waals surface area contributed by atoms with E-state index in [-0.39, 0.29) is 13.5 Å². The Bertz CT molecular complexity index is 906. The Balaban J connectivity index is 0.00000225. The average Bonchev–Trinajstić information content (AvgIpc) is 3.51. The molecule has 0 radical (unpaired) electrons. The van der Waals surface area contributed by atoms with Gasteiger partial charge in [0, 0.05) is 30.1 Å². The zero-order valence-electron chi connectivity index (χ0n) is 16.5. The summed E-state index contributed by atoms with van der Waals surface area (Å²) in [5.41, 5.74) is 5.86. The van der Waals surface area contributed by atoms with Gasteiger partial charge in [-0.15, -0.1) is 0 Å². The minimum absolute atomic E-state index is 0. The smallest absolute Gasteiger partial charge is 0.129 e. The predicted molar refractivity (Wildman–Crippen MR) is 120 cm³/mol. The average molecular weight is 393 g/mol. The Labute approximate surface area is 174 Å². The molecule has 1 aliphatic carbocycles. The van der Waals surface area contributed by atoms with Gasteiger partial charge in [0.15, 0.2) is 0 Å². The van der Waals surface area contributed by atoms with E-state index in [1.54, 1.807) is 6.33 Å². The van der Waals surface area contributed by atoms with Crippen molar-refractivity contribution in [2.75, 3.05) is 11.9 Å². The van der Waals surface area contributed by atoms with Crippen molar-refractivity contribution in [1.29, 1.82) is 0 Å². The lowest BCUT2D eigenvalue weighted by Crippen LogP contribution is -2.13. The van der Waals surface area contributed by atoms with E-state index in [1.165, 1.54) is 30.4 Å². The van der Waals surface area contributed by atoms with E-state index in [0.717, 1.165) is 35.2 Å². The third kappa shape index (κ3) is 5.10. The fraction of sp³-hybridized carbons (Fsp3) is 0.348. The maximum atomic E-state index is 4.39. The maximum absolute atomic E-state index is 4.39. The zero-order chi connectivity index (χ0) is 18.6. The molecule has 4 rings (SSSR count). The highest BCUT2D eigenvalue weighted by atomic mass is 32.1. The van der Waals surface area contributed by atoms with E-state index in [0.29, 0.717) is 5.92 Å². The van der Waals surface area contributed by atoms with Crippen molar-refractivity contribution in [3.05, 3.63) is 71.8 Å². The lowest BCUT2D eigenvalue weighted by Gasteiger charge is -2.17. The molecule has 1 aromatic carbocycles. The number of aromatic nitrogens is 3. The highest BCUT2D eigenvalue weighted by molar-refractivity contribution is 7.59. The van der Waals surface area contributed by atoms with Gasteiger partial charge >= 0.3 is 0 Å². The van der Waals surface area contributed by atoms with Crippen LogP contribution < -0.4 is 5.32 Å². The van der Waals surface area contributed by atoms with Crippen LogP contribution in [0.4, 0.5) is 5.82 Å². The first-order valence-corrected chi connectivity index (χ1v) is 9.76. The van der Waals surface area contributed by atoms with E-state index < -0.39 is 0 Å². The fourth-order valence-electron chi connectivity index (χ4n) is 3.43. The molecule has 0 aliphatic heterocycles. The lowest BCUT2D eigenvalue weighted by atomic mass is 9.93. The SMILES string of the molecule is Cc1ccc(-c2cc(NC[C@@H](C)c3ccccc3CC3CC3)ncn2)cn1.S. The molecule has 5 heteroatoms. The number of rotatable bonds is 7. The van der Waals surface area contributed by atoms with Crippen LogP contribution in [0.15, 0.2) is 55.0 Å². The molecular weight excluding hydrogens is 364 g/mol. The lowest BCUT2D eigenvalue weighted by molar-refractivity contribution is 0.757. The van der Waals surface area contributed by atoms with E-state index in [2.05, 4.69) is 51.5 Å². The molecule has 1 saturated carbocycles. The molecule has 1 atom stereocenters. The monoisotopic (exact) mass is 392 g/mol. The molecule has 146 valence electrons. The topological polar surface area (TPSA) is 50.7 Å². The number of anilines is 1. The minimum Gasteiger partial charge on any atom is -0.369 e. The number of nitrogens with zero attached hydrogens (tertiary/aromatic N) is 3. The van der Waals surface area contributed by atoms with Crippen LogP contribution in [0.25, 0.3) is 11.3 Å². The van der Waals surface area contributed by atoms with Crippen molar-refractivity contribution >= 4 is 19.3 Å². The third-order valence-corrected chi connectivity index (χ3v) is 5.26. The van der Waals surface area contributed by atoms with Gasteiger partial charge in [0.05, 0.1) is 5.69 Å². The Morgan fingerprint density at radius 3 is 2.64 bits per heavy atom. The van der Waals surface area contributed by atoms with Crippen LogP contribution in [0.1, 0.15) is 42.5 Å². The Hall–Kier alpha value is -2.40. The first kappa shape index (κ1) is 20.3. The summed E-state index contributed by atoms with van der Waals surface area (Å²) in [7, 11) is 0. The number of benzene rings is 1. The molecule has 0 spiro atoms. The van der Waals surface area contributed by atoms with Gasteiger partial charge in [-0.2, -0.15) is 13.5 Å². The van der Waals surface area contributed by atoms with Crippen LogP contribution >= 0.6 is 13.5 Å². The summed E-state index contributed by atoms with van der Waals surface area (Å²) >= 11 is 0. The number of hydrogen-bond acceptors (Lipinski definition) is 4. The van der Waals surface area contributed by atoms with E-state index in [4.69, 9.17) is 0 Å². The van der Waals surface area contributed by atoms with Gasteiger partial charge in [0.1, 0.15) is 12.1 Å². The molecule has 1 N–H and O–H groups in total. The van der Waals surface area contributed by atoms with Crippen LogP contribution in [0.2, 0.25) is 0 Å². The number of nitrogens with one attached hydrogen (secondary N) is 1. The Kier molecular flexibility index (Phi) is 6.68. The Morgan fingerprint density at radius 1 is 1.07 bits per heavy atom. The molecule has 1 fully saturated rings. The second kappa shape index (κ2) is 9.20. The van der Waals surface area contributed by atoms with Crippen LogP contribution in [0.5, 0.6) is 0 Å². The van der Waals surface area contributed by atoms with Crippen molar-refractivity contribution in [2.24, 2.45) is 5.92 Å². The van der Waals surface area contributed by atoms with Crippen molar-refractivity contribution in [2.45, 2.75) is 39.0 Å². The molecule has 3 aromatic rings. The van der Waals surface area contributed by atoms with Gasteiger partial charge in [0.25, 0.3) is 0 Å². The molecule has 0 saturated heterocycles. The molecule has 1 aliphatic rings. The summed E-state index contributed by atoms with van der Waals surface area (Å²) in [6, 6.07) is 14.9. The molecule has 0 amide bonds. The second-order valence-electron chi connectivity index (χ2n) is 7.61. The molecule has 0 unspecified atom stereocenters. The van der Waals surface area contributed by atoms with Crippen LogP contribution in [-0.4, -0.2) is 21.5 Å². The Morgan fingerprint density at radius 2 is 1.89 bits per heavy atom. The number of aryl methyl sites for hydroxylation is 1. The minimum atomic E-state index is 0. The molecule has 4 nitrogen and oxygen atoms in total. The quantitative estimate of drug-likeness (QED) is 0.606. The first-order valence-electron chi connectivity index (χ1n) is 9.76. The van der Waals surface area contributed by atoms with Crippen molar-refractivity contribution in [3.63, 3.8) is 0 Å². The molecule has 0 bridgehead atoms.